The minimum atomic E-state index is -0.805. The fourth-order valence-corrected chi connectivity index (χ4v) is 3.09. The number of nitrogens with zero attached hydrogens (tertiary/aromatic N) is 1. The third-order valence-corrected chi connectivity index (χ3v) is 4.65. The first-order valence-corrected chi connectivity index (χ1v) is 7.11. The highest BCUT2D eigenvalue weighted by molar-refractivity contribution is 5.81. The zero-order valence-electron chi connectivity index (χ0n) is 12.1. The molecule has 1 unspecified atom stereocenters. The second-order valence-electron chi connectivity index (χ2n) is 5.84. The molecule has 1 N–H and O–H groups in total. The van der Waals surface area contributed by atoms with Gasteiger partial charge in [-0.25, -0.2) is 0 Å². The van der Waals surface area contributed by atoms with Crippen molar-refractivity contribution in [2.24, 2.45) is 11.3 Å². The van der Waals surface area contributed by atoms with Crippen LogP contribution in [0.3, 0.4) is 0 Å². The molecule has 0 bridgehead atoms. The standard InChI is InChI=1S/C14H23NO5/c1-10(19-2)3-4-12(16)15-7-11-8-20-6-5-14(11,9-15)13(17)18/h10-11H,3-9H2,1-2H3,(H,17,18)/t10?,11-,14+/m0/s1. The van der Waals surface area contributed by atoms with Gasteiger partial charge in [0.2, 0.25) is 5.91 Å². The summed E-state index contributed by atoms with van der Waals surface area (Å²) in [7, 11) is 1.62. The molecule has 2 heterocycles. The topological polar surface area (TPSA) is 76.1 Å². The third-order valence-electron chi connectivity index (χ3n) is 4.65. The maximum atomic E-state index is 12.2. The van der Waals surface area contributed by atoms with Crippen molar-refractivity contribution in [3.63, 3.8) is 0 Å². The average molecular weight is 285 g/mol. The Hall–Kier alpha value is -1.14. The minimum absolute atomic E-state index is 0.0175. The average Bonchev–Trinajstić information content (AvgIpc) is 2.85. The molecule has 6 nitrogen and oxygen atoms in total. The van der Waals surface area contributed by atoms with Gasteiger partial charge in [-0.05, 0) is 19.8 Å². The van der Waals surface area contributed by atoms with Gasteiger partial charge in [0.1, 0.15) is 0 Å². The highest BCUT2D eigenvalue weighted by atomic mass is 16.5. The number of rotatable bonds is 5. The van der Waals surface area contributed by atoms with Crippen LogP contribution in [0.2, 0.25) is 0 Å². The molecule has 0 saturated carbocycles. The number of amides is 1. The van der Waals surface area contributed by atoms with Crippen LogP contribution in [0.25, 0.3) is 0 Å². The summed E-state index contributed by atoms with van der Waals surface area (Å²) in [5.41, 5.74) is -0.805. The molecular formula is C14H23NO5. The molecule has 114 valence electrons. The number of hydrogen-bond donors (Lipinski definition) is 1. The van der Waals surface area contributed by atoms with E-state index >= 15 is 0 Å². The van der Waals surface area contributed by atoms with Crippen molar-refractivity contribution < 1.29 is 24.2 Å². The smallest absolute Gasteiger partial charge is 0.311 e. The SMILES string of the molecule is COC(C)CCC(=O)N1C[C@H]2COCC[C@@]2(C(=O)O)C1. The van der Waals surface area contributed by atoms with E-state index in [1.54, 1.807) is 12.0 Å². The van der Waals surface area contributed by atoms with Crippen molar-refractivity contribution in [2.75, 3.05) is 33.4 Å². The summed E-state index contributed by atoms with van der Waals surface area (Å²) >= 11 is 0. The molecule has 3 atom stereocenters. The number of likely N-dealkylation sites (tertiary alicyclic amines) is 1. The number of carbonyl (C=O) groups excluding carboxylic acids is 1. The molecular weight excluding hydrogens is 262 g/mol. The summed E-state index contributed by atoms with van der Waals surface area (Å²) in [6.07, 6.45) is 1.59. The van der Waals surface area contributed by atoms with E-state index in [-0.39, 0.29) is 17.9 Å². The Morgan fingerprint density at radius 2 is 2.30 bits per heavy atom. The van der Waals surface area contributed by atoms with E-state index in [4.69, 9.17) is 9.47 Å². The van der Waals surface area contributed by atoms with Gasteiger partial charge in [-0.3, -0.25) is 9.59 Å². The molecule has 0 aromatic heterocycles. The number of hydrogen-bond acceptors (Lipinski definition) is 4. The highest BCUT2D eigenvalue weighted by Crippen LogP contribution is 2.42. The molecule has 20 heavy (non-hydrogen) atoms. The largest absolute Gasteiger partial charge is 0.481 e. The number of carboxylic acid groups (broad SMARTS) is 1. The number of fused-ring (bicyclic) bond motifs is 1. The van der Waals surface area contributed by atoms with E-state index in [1.165, 1.54) is 0 Å². The van der Waals surface area contributed by atoms with Crippen molar-refractivity contribution in [1.29, 1.82) is 0 Å². The van der Waals surface area contributed by atoms with E-state index in [0.717, 1.165) is 0 Å². The number of ether oxygens (including phenoxy) is 2. The fourth-order valence-electron chi connectivity index (χ4n) is 3.09. The Morgan fingerprint density at radius 1 is 1.55 bits per heavy atom. The normalized spacial score (nSPS) is 30.9. The molecule has 2 saturated heterocycles. The van der Waals surface area contributed by atoms with E-state index in [9.17, 15) is 14.7 Å². The minimum Gasteiger partial charge on any atom is -0.481 e. The second kappa shape index (κ2) is 6.10. The predicted octanol–water partition coefficient (Wildman–Crippen LogP) is 0.751. The monoisotopic (exact) mass is 285 g/mol. The molecule has 2 aliphatic heterocycles. The summed E-state index contributed by atoms with van der Waals surface area (Å²) in [5, 5.41) is 9.54. The van der Waals surface area contributed by atoms with Crippen LogP contribution in [-0.2, 0) is 19.1 Å². The van der Waals surface area contributed by atoms with Crippen LogP contribution in [-0.4, -0.2) is 61.4 Å². The lowest BCUT2D eigenvalue weighted by Crippen LogP contribution is -2.45. The Morgan fingerprint density at radius 3 is 2.90 bits per heavy atom. The maximum Gasteiger partial charge on any atom is 0.311 e. The first-order chi connectivity index (χ1) is 9.49. The van der Waals surface area contributed by atoms with Crippen molar-refractivity contribution in [1.82, 2.24) is 4.90 Å². The number of aliphatic carboxylic acids is 1. The molecule has 0 aromatic carbocycles. The van der Waals surface area contributed by atoms with Gasteiger partial charge in [0.25, 0.3) is 0 Å². The van der Waals surface area contributed by atoms with Gasteiger partial charge >= 0.3 is 5.97 Å². The van der Waals surface area contributed by atoms with Crippen LogP contribution >= 0.6 is 0 Å². The van der Waals surface area contributed by atoms with Gasteiger partial charge in [0.15, 0.2) is 0 Å². The van der Waals surface area contributed by atoms with Gasteiger partial charge in [-0.2, -0.15) is 0 Å². The Balaban J connectivity index is 1.98. The quantitative estimate of drug-likeness (QED) is 0.806. The summed E-state index contributed by atoms with van der Waals surface area (Å²) in [6.45, 7) is 3.63. The summed E-state index contributed by atoms with van der Waals surface area (Å²) in [4.78, 5) is 25.5. The van der Waals surface area contributed by atoms with Crippen LogP contribution in [0.5, 0.6) is 0 Å². The van der Waals surface area contributed by atoms with Gasteiger partial charge in [-0.1, -0.05) is 0 Å². The van der Waals surface area contributed by atoms with Gasteiger partial charge in [0, 0.05) is 39.1 Å². The van der Waals surface area contributed by atoms with E-state index in [2.05, 4.69) is 0 Å². The first kappa shape index (κ1) is 15.3. The lowest BCUT2D eigenvalue weighted by molar-refractivity contribution is -0.157. The van der Waals surface area contributed by atoms with Crippen LogP contribution < -0.4 is 0 Å². The maximum absolute atomic E-state index is 12.2. The van der Waals surface area contributed by atoms with Crippen LogP contribution in [0, 0.1) is 11.3 Å². The highest BCUT2D eigenvalue weighted by Gasteiger charge is 2.54. The van der Waals surface area contributed by atoms with Crippen molar-refractivity contribution >= 4 is 11.9 Å². The third kappa shape index (κ3) is 2.81. The zero-order valence-corrected chi connectivity index (χ0v) is 12.1. The molecule has 0 spiro atoms. The van der Waals surface area contributed by atoms with Crippen LogP contribution in [0.1, 0.15) is 26.2 Å². The molecule has 2 rings (SSSR count). The van der Waals surface area contributed by atoms with Crippen molar-refractivity contribution in [3.8, 4) is 0 Å². The van der Waals surface area contributed by atoms with Crippen molar-refractivity contribution in [2.45, 2.75) is 32.3 Å². The van der Waals surface area contributed by atoms with Crippen molar-refractivity contribution in [3.05, 3.63) is 0 Å². The number of carboxylic acids is 1. The summed E-state index contributed by atoms with van der Waals surface area (Å²) in [6, 6.07) is 0. The van der Waals surface area contributed by atoms with Gasteiger partial charge in [0.05, 0.1) is 18.1 Å². The molecule has 6 heteroatoms. The first-order valence-electron chi connectivity index (χ1n) is 7.11. The molecule has 2 aliphatic rings. The molecule has 0 aromatic rings. The molecule has 0 radical (unpaired) electrons. The van der Waals surface area contributed by atoms with Crippen LogP contribution in [0.4, 0.5) is 0 Å². The molecule has 2 fully saturated rings. The van der Waals surface area contributed by atoms with E-state index < -0.39 is 11.4 Å². The van der Waals surface area contributed by atoms with E-state index in [1.807, 2.05) is 6.92 Å². The molecule has 0 aliphatic carbocycles. The van der Waals surface area contributed by atoms with Crippen LogP contribution in [0.15, 0.2) is 0 Å². The van der Waals surface area contributed by atoms with E-state index in [0.29, 0.717) is 45.6 Å². The van der Waals surface area contributed by atoms with Gasteiger partial charge < -0.3 is 19.5 Å². The Kier molecular flexibility index (Phi) is 4.65. The summed E-state index contributed by atoms with van der Waals surface area (Å²) < 4.78 is 10.5. The van der Waals surface area contributed by atoms with Gasteiger partial charge in [-0.15, -0.1) is 0 Å². The summed E-state index contributed by atoms with van der Waals surface area (Å²) in [5.74, 6) is -0.868. The zero-order chi connectivity index (χ0) is 14.8. The Bertz CT molecular complexity index is 386. The lowest BCUT2D eigenvalue weighted by Gasteiger charge is -2.33. The fraction of sp³-hybridized carbons (Fsp3) is 0.857. The number of carbonyl (C=O) groups is 2. The number of methoxy groups -OCH3 is 1. The second-order valence-corrected chi connectivity index (χ2v) is 5.84. The predicted molar refractivity (Wildman–Crippen MR) is 71.3 cm³/mol. The molecule has 1 amide bonds. The Labute approximate surface area is 119 Å². The lowest BCUT2D eigenvalue weighted by atomic mass is 9.74.